The van der Waals surface area contributed by atoms with Crippen LogP contribution in [0.1, 0.15) is 39.8 Å². The number of imide groups is 1. The van der Waals surface area contributed by atoms with Gasteiger partial charge in [0, 0.05) is 18.8 Å². The lowest BCUT2D eigenvalue weighted by Gasteiger charge is -2.18. The molecular weight excluding hydrogens is 360 g/mol. The highest BCUT2D eigenvalue weighted by Crippen LogP contribution is 2.22. The fourth-order valence-electron chi connectivity index (χ4n) is 2.44. The molecule has 1 saturated heterocycles. The molecular formula is C16H22N4O5S. The van der Waals surface area contributed by atoms with Gasteiger partial charge in [0.1, 0.15) is 18.7 Å². The zero-order valence-corrected chi connectivity index (χ0v) is 16.0. The first-order valence-corrected chi connectivity index (χ1v) is 9.12. The summed E-state index contributed by atoms with van der Waals surface area (Å²) < 4.78 is 5.10. The van der Waals surface area contributed by atoms with Crippen LogP contribution in [0.25, 0.3) is 0 Å². The fraction of sp³-hybridized carbons (Fsp3) is 0.562. The summed E-state index contributed by atoms with van der Waals surface area (Å²) in [6, 6.07) is -0.604. The van der Waals surface area contributed by atoms with Crippen molar-refractivity contribution in [3.8, 4) is 0 Å². The molecule has 0 aliphatic carbocycles. The van der Waals surface area contributed by atoms with E-state index in [9.17, 15) is 19.2 Å². The first-order chi connectivity index (χ1) is 12.2. The van der Waals surface area contributed by atoms with Gasteiger partial charge in [-0.15, -0.1) is 11.3 Å². The van der Waals surface area contributed by atoms with Gasteiger partial charge < -0.3 is 10.1 Å². The Balaban J connectivity index is 1.92. The number of carbonyl (C=O) groups is 4. The second-order valence-electron chi connectivity index (χ2n) is 6.05. The third-order valence-corrected chi connectivity index (χ3v) is 5.10. The van der Waals surface area contributed by atoms with Crippen LogP contribution in [0.2, 0.25) is 0 Å². The number of anilines is 1. The average molecular weight is 382 g/mol. The van der Waals surface area contributed by atoms with Crippen molar-refractivity contribution in [2.75, 3.05) is 18.0 Å². The van der Waals surface area contributed by atoms with Gasteiger partial charge in [-0.05, 0) is 20.3 Å². The number of nitrogens with zero attached hydrogens (tertiary/aromatic N) is 3. The molecule has 26 heavy (non-hydrogen) atoms. The molecule has 1 N–H and O–H groups in total. The van der Waals surface area contributed by atoms with Gasteiger partial charge in [0.05, 0.1) is 5.69 Å². The van der Waals surface area contributed by atoms with Gasteiger partial charge in [-0.1, -0.05) is 6.92 Å². The lowest BCUT2D eigenvalue weighted by Crippen LogP contribution is -2.43. The zero-order valence-electron chi connectivity index (χ0n) is 15.2. The maximum Gasteiger partial charge on any atom is 0.326 e. The molecule has 0 bridgehead atoms. The lowest BCUT2D eigenvalue weighted by atomic mass is 9.99. The number of ether oxygens (including phenoxy) is 1. The molecule has 0 radical (unpaired) electrons. The number of hydrogen-bond donors (Lipinski definition) is 1. The highest BCUT2D eigenvalue weighted by atomic mass is 32.1. The third-order valence-electron chi connectivity index (χ3n) is 4.19. The van der Waals surface area contributed by atoms with Gasteiger partial charge in [-0.2, -0.15) is 0 Å². The molecule has 10 heteroatoms. The van der Waals surface area contributed by atoms with Gasteiger partial charge >= 0.3 is 12.0 Å². The monoisotopic (exact) mass is 382 g/mol. The summed E-state index contributed by atoms with van der Waals surface area (Å²) in [5, 5.41) is 4.79. The number of urea groups is 1. The summed E-state index contributed by atoms with van der Waals surface area (Å²) in [5.41, 5.74) is -0.494. The Bertz CT molecular complexity index is 734. The molecule has 1 fully saturated rings. The highest BCUT2D eigenvalue weighted by Gasteiger charge is 2.47. The molecule has 0 saturated carbocycles. The van der Waals surface area contributed by atoms with Crippen molar-refractivity contribution in [1.82, 2.24) is 15.2 Å². The van der Waals surface area contributed by atoms with E-state index in [4.69, 9.17) is 4.74 Å². The standard InChI is InChI=1S/C16H22N4O5S/c1-5-16(4)13(23)20(14(24)18-16)7-12(22)25-8-11-9-26-15(17-11)19(6-2)10(3)21/h9H,5-8H2,1-4H3,(H,18,24). The number of rotatable bonds is 7. The number of amides is 4. The smallest absolute Gasteiger partial charge is 0.326 e. The zero-order chi connectivity index (χ0) is 19.5. The van der Waals surface area contributed by atoms with E-state index in [1.54, 1.807) is 19.2 Å². The molecule has 0 aromatic carbocycles. The minimum atomic E-state index is -0.989. The SMILES string of the molecule is CCN(C(C)=O)c1nc(COC(=O)CN2C(=O)NC(C)(CC)C2=O)cs1. The van der Waals surface area contributed by atoms with Gasteiger partial charge in [0.25, 0.3) is 5.91 Å². The Morgan fingerprint density at radius 1 is 1.38 bits per heavy atom. The largest absolute Gasteiger partial charge is 0.458 e. The predicted molar refractivity (Wildman–Crippen MR) is 94.6 cm³/mol. The normalized spacial score (nSPS) is 19.5. The van der Waals surface area contributed by atoms with Crippen LogP contribution in [-0.4, -0.2) is 52.3 Å². The number of carbonyl (C=O) groups excluding carboxylic acids is 4. The summed E-state index contributed by atoms with van der Waals surface area (Å²) in [5.74, 6) is -1.27. The van der Waals surface area contributed by atoms with E-state index < -0.39 is 30.0 Å². The molecule has 4 amide bonds. The predicted octanol–water partition coefficient (Wildman–Crippen LogP) is 1.28. The Kier molecular flexibility index (Phi) is 5.96. The molecule has 1 aromatic rings. The minimum absolute atomic E-state index is 0.0977. The van der Waals surface area contributed by atoms with E-state index in [1.807, 2.05) is 6.92 Å². The van der Waals surface area contributed by atoms with Crippen LogP contribution in [-0.2, 0) is 25.7 Å². The van der Waals surface area contributed by atoms with Crippen LogP contribution in [0.4, 0.5) is 9.93 Å². The van der Waals surface area contributed by atoms with Gasteiger partial charge in [0.15, 0.2) is 5.13 Å². The van der Waals surface area contributed by atoms with E-state index in [-0.39, 0.29) is 12.5 Å². The number of thiazole rings is 1. The van der Waals surface area contributed by atoms with Crippen molar-refractivity contribution < 1.29 is 23.9 Å². The van der Waals surface area contributed by atoms with Gasteiger partial charge in [0.2, 0.25) is 5.91 Å². The van der Waals surface area contributed by atoms with Crippen molar-refractivity contribution in [3.63, 3.8) is 0 Å². The van der Waals surface area contributed by atoms with Crippen LogP contribution in [0.5, 0.6) is 0 Å². The van der Waals surface area contributed by atoms with Gasteiger partial charge in [-0.25, -0.2) is 9.78 Å². The fourth-order valence-corrected chi connectivity index (χ4v) is 3.36. The van der Waals surface area contributed by atoms with E-state index in [0.29, 0.717) is 23.8 Å². The van der Waals surface area contributed by atoms with E-state index >= 15 is 0 Å². The second-order valence-corrected chi connectivity index (χ2v) is 6.89. The van der Waals surface area contributed by atoms with Crippen LogP contribution in [0, 0.1) is 0 Å². The first kappa shape index (κ1) is 19.8. The molecule has 1 unspecified atom stereocenters. The Morgan fingerprint density at radius 2 is 2.08 bits per heavy atom. The van der Waals surface area contributed by atoms with E-state index in [0.717, 1.165) is 4.90 Å². The second kappa shape index (κ2) is 7.81. The van der Waals surface area contributed by atoms with Gasteiger partial charge in [-0.3, -0.25) is 24.2 Å². The van der Waals surface area contributed by atoms with Crippen LogP contribution in [0.15, 0.2) is 5.38 Å². The summed E-state index contributed by atoms with van der Waals surface area (Å²) in [7, 11) is 0. The summed E-state index contributed by atoms with van der Waals surface area (Å²) in [6.07, 6.45) is 0.425. The molecule has 142 valence electrons. The van der Waals surface area contributed by atoms with Crippen LogP contribution >= 0.6 is 11.3 Å². The van der Waals surface area contributed by atoms with Crippen molar-refractivity contribution in [2.24, 2.45) is 0 Å². The number of nitrogens with one attached hydrogen (secondary N) is 1. The minimum Gasteiger partial charge on any atom is -0.458 e. The lowest BCUT2D eigenvalue weighted by molar-refractivity contribution is -0.148. The van der Waals surface area contributed by atoms with Crippen molar-refractivity contribution >= 4 is 40.3 Å². The van der Waals surface area contributed by atoms with Crippen molar-refractivity contribution in [1.29, 1.82) is 0 Å². The molecule has 1 aliphatic heterocycles. The molecule has 1 aromatic heterocycles. The molecule has 2 rings (SSSR count). The van der Waals surface area contributed by atoms with Crippen molar-refractivity contribution in [3.05, 3.63) is 11.1 Å². The van der Waals surface area contributed by atoms with Crippen molar-refractivity contribution in [2.45, 2.75) is 46.3 Å². The average Bonchev–Trinajstić information content (AvgIpc) is 3.13. The number of esters is 1. The highest BCUT2D eigenvalue weighted by molar-refractivity contribution is 7.14. The van der Waals surface area contributed by atoms with E-state index in [1.165, 1.54) is 23.2 Å². The quantitative estimate of drug-likeness (QED) is 0.562. The Labute approximate surface area is 155 Å². The molecule has 1 atom stereocenters. The molecule has 0 spiro atoms. The third kappa shape index (κ3) is 4.01. The Morgan fingerprint density at radius 3 is 2.62 bits per heavy atom. The summed E-state index contributed by atoms with van der Waals surface area (Å²) in [6.45, 7) is 6.62. The number of aromatic nitrogens is 1. The maximum absolute atomic E-state index is 12.2. The van der Waals surface area contributed by atoms with Crippen LogP contribution in [0.3, 0.4) is 0 Å². The van der Waals surface area contributed by atoms with E-state index in [2.05, 4.69) is 10.3 Å². The summed E-state index contributed by atoms with van der Waals surface area (Å²) >= 11 is 1.27. The molecule has 9 nitrogen and oxygen atoms in total. The Hall–Kier alpha value is -2.49. The number of hydrogen-bond acceptors (Lipinski definition) is 7. The molecule has 2 heterocycles. The summed E-state index contributed by atoms with van der Waals surface area (Å²) in [4.78, 5) is 54.2. The molecule has 1 aliphatic rings. The van der Waals surface area contributed by atoms with Crippen LogP contribution < -0.4 is 10.2 Å². The maximum atomic E-state index is 12.2. The topological polar surface area (TPSA) is 109 Å². The first-order valence-electron chi connectivity index (χ1n) is 8.24.